The van der Waals surface area contributed by atoms with Crippen LogP contribution in [0.4, 0.5) is 14.5 Å². The molecule has 0 spiro atoms. The van der Waals surface area contributed by atoms with Gasteiger partial charge in [-0.25, -0.2) is 17.2 Å². The van der Waals surface area contributed by atoms with Crippen molar-refractivity contribution < 1.29 is 22.0 Å². The second-order valence-corrected chi connectivity index (χ2v) is 8.05. The van der Waals surface area contributed by atoms with Crippen molar-refractivity contribution in [2.75, 3.05) is 18.9 Å². The van der Waals surface area contributed by atoms with Gasteiger partial charge in [-0.2, -0.15) is 4.31 Å². The van der Waals surface area contributed by atoms with Crippen molar-refractivity contribution >= 4 is 32.5 Å². The van der Waals surface area contributed by atoms with Gasteiger partial charge in [0.2, 0.25) is 21.5 Å². The normalized spacial score (nSPS) is 11.7. The van der Waals surface area contributed by atoms with Crippen molar-refractivity contribution in [3.8, 4) is 0 Å². The van der Waals surface area contributed by atoms with Gasteiger partial charge in [0.1, 0.15) is 11.6 Å². The van der Waals surface area contributed by atoms with E-state index in [0.29, 0.717) is 17.0 Å². The zero-order chi connectivity index (χ0) is 20.5. The van der Waals surface area contributed by atoms with Crippen LogP contribution >= 0.6 is 0 Å². The number of carbonyl (C=O) groups excluding carboxylic acids is 1. The van der Waals surface area contributed by atoms with E-state index in [-0.39, 0.29) is 16.1 Å². The average molecular weight is 407 g/mol. The Hall–Kier alpha value is -3.11. The van der Waals surface area contributed by atoms with Crippen molar-refractivity contribution in [3.05, 3.63) is 70.5 Å². The van der Waals surface area contributed by atoms with Crippen LogP contribution in [0.3, 0.4) is 0 Å². The molecule has 10 heteroatoms. The molecular weight excluding hydrogens is 392 g/mol. The van der Waals surface area contributed by atoms with Gasteiger partial charge in [-0.05, 0) is 41.8 Å². The molecule has 1 heterocycles. The number of benzene rings is 2. The summed E-state index contributed by atoms with van der Waals surface area (Å²) in [6, 6.07) is 9.50. The number of pyridine rings is 1. The van der Waals surface area contributed by atoms with Crippen LogP contribution in [0.2, 0.25) is 0 Å². The number of nitrogens with zero attached hydrogens (tertiary/aromatic N) is 1. The zero-order valence-corrected chi connectivity index (χ0v) is 15.4. The van der Waals surface area contributed by atoms with Gasteiger partial charge < -0.3 is 10.3 Å². The third kappa shape index (κ3) is 4.07. The summed E-state index contributed by atoms with van der Waals surface area (Å²) in [5.41, 5.74) is -0.101. The summed E-state index contributed by atoms with van der Waals surface area (Å²) in [6.45, 7) is -0.581. The highest BCUT2D eigenvalue weighted by atomic mass is 32.2. The number of halogens is 2. The van der Waals surface area contributed by atoms with Gasteiger partial charge in [0.05, 0.1) is 17.1 Å². The van der Waals surface area contributed by atoms with Crippen LogP contribution < -0.4 is 10.9 Å². The number of H-pyrrole nitrogens is 1. The lowest BCUT2D eigenvalue weighted by molar-refractivity contribution is -0.116. The molecule has 146 valence electrons. The number of likely N-dealkylation sites (N-methyl/N-ethyl adjacent to an activating group) is 1. The fraction of sp³-hybridized carbons (Fsp3) is 0.111. The van der Waals surface area contributed by atoms with E-state index < -0.39 is 34.1 Å². The highest BCUT2D eigenvalue weighted by Gasteiger charge is 2.23. The van der Waals surface area contributed by atoms with E-state index in [0.717, 1.165) is 16.4 Å². The van der Waals surface area contributed by atoms with Crippen molar-refractivity contribution in [1.82, 2.24) is 9.29 Å². The maximum atomic E-state index is 13.6. The molecule has 7 nitrogen and oxygen atoms in total. The Morgan fingerprint density at radius 2 is 1.86 bits per heavy atom. The third-order valence-electron chi connectivity index (χ3n) is 3.97. The van der Waals surface area contributed by atoms with Gasteiger partial charge in [0, 0.05) is 24.7 Å². The summed E-state index contributed by atoms with van der Waals surface area (Å²) < 4.78 is 52.7. The summed E-state index contributed by atoms with van der Waals surface area (Å²) >= 11 is 0. The highest BCUT2D eigenvalue weighted by Crippen LogP contribution is 2.20. The Morgan fingerprint density at radius 3 is 2.57 bits per heavy atom. The van der Waals surface area contributed by atoms with Crippen molar-refractivity contribution in [2.45, 2.75) is 4.90 Å². The standard InChI is InChI=1S/C18H15F2N3O4S/c1-23(10-18(25)22-16-5-3-12(19)9-14(16)20)28(26,27)13-4-6-15-11(8-13)2-7-17(24)21-15/h2-9H,10H2,1H3,(H,21,24)(H,22,25). The minimum atomic E-state index is -4.02. The molecule has 1 amide bonds. The first-order valence-electron chi connectivity index (χ1n) is 8.01. The summed E-state index contributed by atoms with van der Waals surface area (Å²) in [7, 11) is -2.82. The maximum absolute atomic E-state index is 13.6. The zero-order valence-electron chi connectivity index (χ0n) is 14.6. The van der Waals surface area contributed by atoms with Gasteiger partial charge >= 0.3 is 0 Å². The predicted molar refractivity (Wildman–Crippen MR) is 99.4 cm³/mol. The lowest BCUT2D eigenvalue weighted by Crippen LogP contribution is -2.35. The monoisotopic (exact) mass is 407 g/mol. The lowest BCUT2D eigenvalue weighted by Gasteiger charge is -2.17. The molecule has 28 heavy (non-hydrogen) atoms. The van der Waals surface area contributed by atoms with Crippen LogP contribution in [0.25, 0.3) is 10.9 Å². The highest BCUT2D eigenvalue weighted by molar-refractivity contribution is 7.89. The number of hydrogen-bond donors (Lipinski definition) is 2. The molecule has 0 atom stereocenters. The number of rotatable bonds is 5. The van der Waals surface area contributed by atoms with E-state index in [9.17, 15) is 26.8 Å². The van der Waals surface area contributed by atoms with Gasteiger partial charge in [-0.15, -0.1) is 0 Å². The molecule has 0 unspecified atom stereocenters. The molecule has 0 fully saturated rings. The Balaban J connectivity index is 1.78. The van der Waals surface area contributed by atoms with Gasteiger partial charge in [0.15, 0.2) is 0 Å². The number of carbonyl (C=O) groups is 1. The third-order valence-corrected chi connectivity index (χ3v) is 5.77. The molecule has 2 N–H and O–H groups in total. The summed E-state index contributed by atoms with van der Waals surface area (Å²) in [4.78, 5) is 25.9. The topological polar surface area (TPSA) is 99.3 Å². The number of anilines is 1. The van der Waals surface area contributed by atoms with Crippen LogP contribution in [-0.4, -0.2) is 37.2 Å². The van der Waals surface area contributed by atoms with E-state index in [4.69, 9.17) is 0 Å². The first kappa shape index (κ1) is 19.6. The minimum absolute atomic E-state index is 0.0738. The maximum Gasteiger partial charge on any atom is 0.248 e. The molecular formula is C18H15F2N3O4S. The second-order valence-electron chi connectivity index (χ2n) is 6.01. The first-order chi connectivity index (χ1) is 13.2. The quantitative estimate of drug-likeness (QED) is 0.676. The van der Waals surface area contributed by atoms with Crippen LogP contribution in [0.5, 0.6) is 0 Å². The Labute approximate surface area is 158 Å². The molecule has 0 bridgehead atoms. The second kappa shape index (κ2) is 7.49. The van der Waals surface area contributed by atoms with Crippen LogP contribution in [0, 0.1) is 11.6 Å². The Morgan fingerprint density at radius 1 is 1.11 bits per heavy atom. The molecule has 0 saturated carbocycles. The summed E-state index contributed by atoms with van der Waals surface area (Å²) in [5, 5.41) is 2.71. The molecule has 0 saturated heterocycles. The van der Waals surface area contributed by atoms with E-state index in [1.807, 2.05) is 0 Å². The molecule has 0 radical (unpaired) electrons. The molecule has 1 aromatic heterocycles. The molecule has 3 rings (SSSR count). The fourth-order valence-electron chi connectivity index (χ4n) is 2.54. The van der Waals surface area contributed by atoms with Gasteiger partial charge in [-0.1, -0.05) is 0 Å². The Kier molecular flexibility index (Phi) is 5.25. The molecule has 0 aliphatic rings. The van der Waals surface area contributed by atoms with E-state index >= 15 is 0 Å². The number of fused-ring (bicyclic) bond motifs is 1. The number of hydrogen-bond acceptors (Lipinski definition) is 4. The molecule has 2 aromatic carbocycles. The summed E-state index contributed by atoms with van der Waals surface area (Å²) in [6.07, 6.45) is 0. The van der Waals surface area contributed by atoms with Crippen LogP contribution in [0.1, 0.15) is 0 Å². The number of amides is 1. The fourth-order valence-corrected chi connectivity index (χ4v) is 3.70. The molecule has 0 aliphatic carbocycles. The lowest BCUT2D eigenvalue weighted by atomic mass is 10.2. The molecule has 0 aliphatic heterocycles. The van der Waals surface area contributed by atoms with E-state index in [2.05, 4.69) is 10.3 Å². The van der Waals surface area contributed by atoms with Gasteiger partial charge in [0.25, 0.3) is 0 Å². The minimum Gasteiger partial charge on any atom is -0.322 e. The first-order valence-corrected chi connectivity index (χ1v) is 9.45. The van der Waals surface area contributed by atoms with Crippen LogP contribution in [0.15, 0.2) is 58.2 Å². The molecule has 3 aromatic rings. The number of nitrogens with one attached hydrogen (secondary N) is 2. The van der Waals surface area contributed by atoms with Crippen molar-refractivity contribution in [2.24, 2.45) is 0 Å². The SMILES string of the molecule is CN(CC(=O)Nc1ccc(F)cc1F)S(=O)(=O)c1ccc2[nH]c(=O)ccc2c1. The number of sulfonamides is 1. The van der Waals surface area contributed by atoms with Crippen LogP contribution in [-0.2, 0) is 14.8 Å². The summed E-state index contributed by atoms with van der Waals surface area (Å²) in [5.74, 6) is -2.56. The Bertz CT molecular complexity index is 1220. The van der Waals surface area contributed by atoms with E-state index in [1.165, 1.54) is 37.4 Å². The largest absolute Gasteiger partial charge is 0.322 e. The smallest absolute Gasteiger partial charge is 0.248 e. The van der Waals surface area contributed by atoms with E-state index in [1.54, 1.807) is 0 Å². The van der Waals surface area contributed by atoms with Gasteiger partial charge in [-0.3, -0.25) is 9.59 Å². The average Bonchev–Trinajstić information content (AvgIpc) is 2.63. The van der Waals surface area contributed by atoms with Crippen molar-refractivity contribution in [3.63, 3.8) is 0 Å². The number of aromatic amines is 1. The van der Waals surface area contributed by atoms with Crippen molar-refractivity contribution in [1.29, 1.82) is 0 Å². The predicted octanol–water partition coefficient (Wildman–Crippen LogP) is 2.07. The number of aromatic nitrogens is 1.